The maximum Gasteiger partial charge on any atom is 0.322 e. The number of carbonyl (C=O) groups excluding carboxylic acids is 1. The Kier molecular flexibility index (Phi) is 6.70. The van der Waals surface area contributed by atoms with Crippen LogP contribution in [0.15, 0.2) is 36.4 Å². The van der Waals surface area contributed by atoms with Crippen molar-refractivity contribution in [3.8, 4) is 11.5 Å². The Labute approximate surface area is 177 Å². The third-order valence-corrected chi connectivity index (χ3v) is 5.67. The molecule has 1 unspecified atom stereocenters. The molecular formula is C23H30FN3O3. The summed E-state index contributed by atoms with van der Waals surface area (Å²) < 4.78 is 25.4. The minimum atomic E-state index is -0.362. The van der Waals surface area contributed by atoms with Gasteiger partial charge in [0.2, 0.25) is 0 Å². The number of urea groups is 1. The van der Waals surface area contributed by atoms with Gasteiger partial charge in [0.15, 0.2) is 0 Å². The summed E-state index contributed by atoms with van der Waals surface area (Å²) in [6.07, 6.45) is 1.72. The molecule has 2 amide bonds. The number of rotatable bonds is 6. The van der Waals surface area contributed by atoms with Gasteiger partial charge in [-0.3, -0.25) is 0 Å². The van der Waals surface area contributed by atoms with Crippen LogP contribution in [0, 0.1) is 5.82 Å². The number of likely N-dealkylation sites (tertiary alicyclic amines) is 1. The minimum absolute atomic E-state index is 0.109. The van der Waals surface area contributed by atoms with E-state index < -0.39 is 0 Å². The Balaban J connectivity index is 1.78. The average Bonchev–Trinajstić information content (AvgIpc) is 3.22. The quantitative estimate of drug-likeness (QED) is 0.717. The van der Waals surface area contributed by atoms with E-state index in [1.54, 1.807) is 31.3 Å². The van der Waals surface area contributed by atoms with E-state index in [2.05, 4.69) is 5.32 Å². The van der Waals surface area contributed by atoms with Crippen LogP contribution < -0.4 is 19.7 Å². The summed E-state index contributed by atoms with van der Waals surface area (Å²) in [5, 5.41) is 2.84. The molecule has 162 valence electrons. The van der Waals surface area contributed by atoms with Gasteiger partial charge in [0, 0.05) is 37.0 Å². The van der Waals surface area contributed by atoms with Crippen LogP contribution in [-0.4, -0.2) is 44.8 Å². The van der Waals surface area contributed by atoms with Crippen molar-refractivity contribution in [1.82, 2.24) is 4.90 Å². The van der Waals surface area contributed by atoms with E-state index in [9.17, 15) is 9.18 Å². The van der Waals surface area contributed by atoms with Crippen molar-refractivity contribution in [2.75, 3.05) is 38.0 Å². The molecule has 7 heteroatoms. The lowest BCUT2D eigenvalue weighted by Crippen LogP contribution is -2.34. The van der Waals surface area contributed by atoms with Gasteiger partial charge in [-0.1, -0.05) is 0 Å². The largest absolute Gasteiger partial charge is 0.497 e. The molecule has 0 aliphatic carbocycles. The maximum atomic E-state index is 14.6. The fourth-order valence-corrected chi connectivity index (χ4v) is 3.77. The van der Waals surface area contributed by atoms with Crippen LogP contribution in [0.3, 0.4) is 0 Å². The Hall–Kier alpha value is -2.96. The number of carbonyl (C=O) groups is 1. The first-order valence-electron chi connectivity index (χ1n) is 10.2. The van der Waals surface area contributed by atoms with Crippen LogP contribution in [0.2, 0.25) is 0 Å². The zero-order chi connectivity index (χ0) is 21.8. The van der Waals surface area contributed by atoms with Crippen molar-refractivity contribution >= 4 is 17.4 Å². The number of anilines is 2. The Morgan fingerprint density at radius 2 is 1.97 bits per heavy atom. The van der Waals surface area contributed by atoms with Gasteiger partial charge < -0.3 is 24.6 Å². The summed E-state index contributed by atoms with van der Waals surface area (Å²) >= 11 is 0. The molecule has 0 spiro atoms. The zero-order valence-electron chi connectivity index (χ0n) is 18.2. The van der Waals surface area contributed by atoms with Crippen LogP contribution in [0.1, 0.15) is 38.3 Å². The Morgan fingerprint density at radius 1 is 1.20 bits per heavy atom. The Bertz CT molecular complexity index is 903. The number of ether oxygens (including phenoxy) is 2. The summed E-state index contributed by atoms with van der Waals surface area (Å²) in [7, 11) is 5.06. The van der Waals surface area contributed by atoms with Crippen molar-refractivity contribution in [1.29, 1.82) is 0 Å². The lowest BCUT2D eigenvalue weighted by atomic mass is 10.0. The second kappa shape index (κ2) is 9.24. The first-order chi connectivity index (χ1) is 14.3. The average molecular weight is 416 g/mol. The van der Waals surface area contributed by atoms with Crippen LogP contribution in [-0.2, 0) is 0 Å². The van der Waals surface area contributed by atoms with Gasteiger partial charge >= 0.3 is 6.03 Å². The molecule has 6 nitrogen and oxygen atoms in total. The number of halogens is 1. The van der Waals surface area contributed by atoms with Gasteiger partial charge in [-0.05, 0) is 57.0 Å². The molecule has 1 N–H and O–H groups in total. The van der Waals surface area contributed by atoms with E-state index in [0.717, 1.165) is 18.4 Å². The van der Waals surface area contributed by atoms with Gasteiger partial charge in [0.25, 0.3) is 0 Å². The number of benzene rings is 2. The lowest BCUT2D eigenvalue weighted by molar-refractivity contribution is 0.206. The van der Waals surface area contributed by atoms with Crippen LogP contribution >= 0.6 is 0 Å². The molecule has 0 radical (unpaired) electrons. The molecule has 2 aromatic rings. The predicted octanol–water partition coefficient (Wildman–Crippen LogP) is 5.06. The van der Waals surface area contributed by atoms with Crippen molar-refractivity contribution in [3.05, 3.63) is 47.8 Å². The molecule has 0 aromatic heterocycles. The molecular weight excluding hydrogens is 385 g/mol. The van der Waals surface area contributed by atoms with Crippen LogP contribution in [0.4, 0.5) is 20.6 Å². The monoisotopic (exact) mass is 415 g/mol. The molecule has 1 saturated heterocycles. The highest BCUT2D eigenvalue weighted by atomic mass is 19.1. The standard InChI is InChI=1S/C23H30FN3O3/c1-15(2)26(3)21-11-8-16(13-19(21)24)25-23(28)27-12-6-7-20(27)18-10-9-17(29-4)14-22(18)30-5/h8-11,13-15,20H,6-7,12H2,1-5H3,(H,25,28). The minimum Gasteiger partial charge on any atom is -0.497 e. The molecule has 2 aromatic carbocycles. The maximum absolute atomic E-state index is 14.6. The smallest absolute Gasteiger partial charge is 0.322 e. The van der Waals surface area contributed by atoms with Gasteiger partial charge in [-0.2, -0.15) is 0 Å². The fraction of sp³-hybridized carbons (Fsp3) is 0.435. The highest BCUT2D eigenvalue weighted by Gasteiger charge is 2.32. The third kappa shape index (κ3) is 4.45. The third-order valence-electron chi connectivity index (χ3n) is 5.67. The van der Waals surface area contributed by atoms with E-state index in [0.29, 0.717) is 29.4 Å². The highest BCUT2D eigenvalue weighted by Crippen LogP contribution is 2.39. The van der Waals surface area contributed by atoms with E-state index >= 15 is 0 Å². The highest BCUT2D eigenvalue weighted by molar-refractivity contribution is 5.90. The van der Waals surface area contributed by atoms with E-state index in [1.807, 2.05) is 44.0 Å². The second-order valence-corrected chi connectivity index (χ2v) is 7.76. The van der Waals surface area contributed by atoms with Crippen molar-refractivity contribution in [2.24, 2.45) is 0 Å². The summed E-state index contributed by atoms with van der Waals surface area (Å²) in [5.41, 5.74) is 1.88. The van der Waals surface area contributed by atoms with Crippen molar-refractivity contribution in [2.45, 2.75) is 38.8 Å². The van der Waals surface area contributed by atoms with Crippen molar-refractivity contribution in [3.63, 3.8) is 0 Å². The normalized spacial score (nSPS) is 16.0. The van der Waals surface area contributed by atoms with Crippen LogP contribution in [0.25, 0.3) is 0 Å². The van der Waals surface area contributed by atoms with Gasteiger partial charge in [0.05, 0.1) is 25.9 Å². The summed E-state index contributed by atoms with van der Waals surface area (Å²) in [6, 6.07) is 10.2. The molecule has 1 heterocycles. The molecule has 1 fully saturated rings. The van der Waals surface area contributed by atoms with E-state index in [4.69, 9.17) is 9.47 Å². The first kappa shape index (κ1) is 21.7. The van der Waals surface area contributed by atoms with Crippen molar-refractivity contribution < 1.29 is 18.7 Å². The van der Waals surface area contributed by atoms with Gasteiger partial charge in [0.1, 0.15) is 17.3 Å². The fourth-order valence-electron chi connectivity index (χ4n) is 3.77. The first-order valence-corrected chi connectivity index (χ1v) is 10.2. The number of methoxy groups -OCH3 is 2. The molecule has 30 heavy (non-hydrogen) atoms. The van der Waals surface area contributed by atoms with E-state index in [-0.39, 0.29) is 23.9 Å². The number of hydrogen-bond acceptors (Lipinski definition) is 4. The number of nitrogens with zero attached hydrogens (tertiary/aromatic N) is 2. The zero-order valence-corrected chi connectivity index (χ0v) is 18.2. The molecule has 1 aliphatic heterocycles. The Morgan fingerprint density at radius 3 is 2.60 bits per heavy atom. The van der Waals surface area contributed by atoms with Gasteiger partial charge in [-0.15, -0.1) is 0 Å². The molecule has 3 rings (SSSR count). The summed E-state index contributed by atoms with van der Waals surface area (Å²) in [5.74, 6) is 1.02. The number of amides is 2. The molecule has 1 atom stereocenters. The SMILES string of the molecule is COc1ccc(C2CCCN2C(=O)Nc2ccc(N(C)C(C)C)c(F)c2)c(OC)c1. The summed E-state index contributed by atoms with van der Waals surface area (Å²) in [6.45, 7) is 4.62. The topological polar surface area (TPSA) is 54.0 Å². The van der Waals surface area contributed by atoms with Gasteiger partial charge in [-0.25, -0.2) is 9.18 Å². The molecule has 0 saturated carbocycles. The predicted molar refractivity (Wildman–Crippen MR) is 117 cm³/mol. The lowest BCUT2D eigenvalue weighted by Gasteiger charge is -2.27. The molecule has 0 bridgehead atoms. The second-order valence-electron chi connectivity index (χ2n) is 7.76. The van der Waals surface area contributed by atoms with Crippen LogP contribution in [0.5, 0.6) is 11.5 Å². The molecule has 1 aliphatic rings. The van der Waals surface area contributed by atoms with E-state index in [1.165, 1.54) is 6.07 Å². The number of hydrogen-bond donors (Lipinski definition) is 1. The number of nitrogens with one attached hydrogen (secondary N) is 1. The summed E-state index contributed by atoms with van der Waals surface area (Å²) in [4.78, 5) is 16.6.